The Balaban J connectivity index is 1.66. The van der Waals surface area contributed by atoms with Gasteiger partial charge in [-0.05, 0) is 31.5 Å². The fourth-order valence-corrected chi connectivity index (χ4v) is 4.14. The Hall–Kier alpha value is -2.28. The van der Waals surface area contributed by atoms with Crippen molar-refractivity contribution in [2.24, 2.45) is 0 Å². The van der Waals surface area contributed by atoms with Crippen LogP contribution in [0.1, 0.15) is 12.8 Å². The predicted octanol–water partition coefficient (Wildman–Crippen LogP) is 4.35. The highest BCUT2D eigenvalue weighted by molar-refractivity contribution is 6.33. The van der Waals surface area contributed by atoms with Gasteiger partial charge in [-0.2, -0.15) is 0 Å². The Morgan fingerprint density at radius 3 is 3.04 bits per heavy atom. The summed E-state index contributed by atoms with van der Waals surface area (Å²) in [4.78, 5) is 12.6. The molecule has 4 heterocycles. The second-order valence-corrected chi connectivity index (χ2v) is 7.59. The number of fused-ring (bicyclic) bond motifs is 2. The van der Waals surface area contributed by atoms with Crippen molar-refractivity contribution in [2.75, 3.05) is 18.4 Å². The Morgan fingerprint density at radius 1 is 1.26 bits per heavy atom. The van der Waals surface area contributed by atoms with Crippen molar-refractivity contribution in [2.45, 2.75) is 18.9 Å². The minimum Gasteiger partial charge on any atom is -0.363 e. The molecule has 6 nitrogen and oxygen atoms in total. The number of aromatic nitrogens is 4. The predicted molar refractivity (Wildman–Crippen MR) is 110 cm³/mol. The molecule has 0 bridgehead atoms. The maximum absolute atomic E-state index is 6.70. The number of nitrogens with zero attached hydrogens (tertiary/aromatic N) is 3. The smallest absolute Gasteiger partial charge is 0.181 e. The standard InChI is InChI=1S/C19H18Cl2N6/c20-11-3-4-13-14(10-24-15(13)8-11)16-17(21)27-7-6-23-19(27)18(26-16)25-12-2-1-5-22-9-12/h3-4,6-8,10,12,22,24H,1-2,5,9H2,(H,25,26)/t12-/m0/s1. The van der Waals surface area contributed by atoms with E-state index in [1.807, 2.05) is 35.0 Å². The lowest BCUT2D eigenvalue weighted by molar-refractivity contribution is 0.479. The molecule has 0 saturated carbocycles. The molecule has 1 saturated heterocycles. The average molecular weight is 401 g/mol. The Kier molecular flexibility index (Phi) is 4.19. The number of rotatable bonds is 3. The third kappa shape index (κ3) is 2.94. The van der Waals surface area contributed by atoms with E-state index in [4.69, 9.17) is 28.2 Å². The van der Waals surface area contributed by atoms with E-state index in [2.05, 4.69) is 20.6 Å². The number of nitrogens with one attached hydrogen (secondary N) is 3. The van der Waals surface area contributed by atoms with Crippen LogP contribution in [0, 0.1) is 0 Å². The summed E-state index contributed by atoms with van der Waals surface area (Å²) >= 11 is 12.8. The van der Waals surface area contributed by atoms with E-state index >= 15 is 0 Å². The molecule has 138 valence electrons. The molecular weight excluding hydrogens is 383 g/mol. The van der Waals surface area contributed by atoms with Gasteiger partial charge in [0, 0.05) is 52.7 Å². The van der Waals surface area contributed by atoms with Crippen LogP contribution in [0.25, 0.3) is 27.8 Å². The first-order valence-corrected chi connectivity index (χ1v) is 9.73. The van der Waals surface area contributed by atoms with Crippen LogP contribution in [-0.2, 0) is 0 Å². The van der Waals surface area contributed by atoms with Crippen molar-refractivity contribution < 1.29 is 0 Å². The molecule has 3 aromatic heterocycles. The maximum Gasteiger partial charge on any atom is 0.181 e. The van der Waals surface area contributed by atoms with Crippen molar-refractivity contribution in [3.63, 3.8) is 0 Å². The van der Waals surface area contributed by atoms with Gasteiger partial charge in [-0.15, -0.1) is 0 Å². The summed E-state index contributed by atoms with van der Waals surface area (Å²) < 4.78 is 1.87. The summed E-state index contributed by atoms with van der Waals surface area (Å²) in [7, 11) is 0. The molecule has 1 atom stereocenters. The molecule has 8 heteroatoms. The van der Waals surface area contributed by atoms with Gasteiger partial charge in [0.15, 0.2) is 11.5 Å². The van der Waals surface area contributed by atoms with Gasteiger partial charge in [0.05, 0.1) is 0 Å². The summed E-state index contributed by atoms with van der Waals surface area (Å²) in [5.74, 6) is 0.747. The molecule has 1 aliphatic heterocycles. The van der Waals surface area contributed by atoms with Crippen molar-refractivity contribution in [1.82, 2.24) is 24.7 Å². The van der Waals surface area contributed by atoms with Gasteiger partial charge in [-0.25, -0.2) is 9.97 Å². The van der Waals surface area contributed by atoms with Crippen molar-refractivity contribution in [1.29, 1.82) is 0 Å². The zero-order chi connectivity index (χ0) is 18.4. The third-order valence-corrected chi connectivity index (χ3v) is 5.62. The quantitative estimate of drug-likeness (QED) is 0.478. The van der Waals surface area contributed by atoms with Gasteiger partial charge in [0.1, 0.15) is 10.8 Å². The monoisotopic (exact) mass is 400 g/mol. The number of benzene rings is 1. The molecule has 0 aliphatic carbocycles. The molecule has 27 heavy (non-hydrogen) atoms. The Morgan fingerprint density at radius 2 is 2.19 bits per heavy atom. The summed E-state index contributed by atoms with van der Waals surface area (Å²) in [5, 5.41) is 9.22. The molecule has 0 spiro atoms. The molecule has 0 radical (unpaired) electrons. The molecule has 0 amide bonds. The number of anilines is 1. The van der Waals surface area contributed by atoms with E-state index < -0.39 is 0 Å². The minimum atomic E-state index is 0.322. The lowest BCUT2D eigenvalue weighted by Gasteiger charge is -2.24. The van der Waals surface area contributed by atoms with Gasteiger partial charge in [-0.1, -0.05) is 29.3 Å². The van der Waals surface area contributed by atoms with Crippen molar-refractivity contribution >= 4 is 45.6 Å². The highest BCUT2D eigenvalue weighted by Crippen LogP contribution is 2.35. The average Bonchev–Trinajstić information content (AvgIpc) is 3.32. The maximum atomic E-state index is 6.70. The van der Waals surface area contributed by atoms with Crippen LogP contribution in [0.15, 0.2) is 36.8 Å². The van der Waals surface area contributed by atoms with Crippen molar-refractivity contribution in [3.8, 4) is 11.3 Å². The van der Waals surface area contributed by atoms with E-state index in [1.54, 1.807) is 6.20 Å². The lowest BCUT2D eigenvalue weighted by Crippen LogP contribution is -2.38. The summed E-state index contributed by atoms with van der Waals surface area (Å²) in [6.45, 7) is 1.98. The molecule has 0 unspecified atom stereocenters. The third-order valence-electron chi connectivity index (χ3n) is 5.02. The van der Waals surface area contributed by atoms with Gasteiger partial charge in [0.2, 0.25) is 0 Å². The molecule has 3 N–H and O–H groups in total. The second kappa shape index (κ2) is 6.71. The lowest BCUT2D eigenvalue weighted by atomic mass is 10.1. The van der Waals surface area contributed by atoms with E-state index in [1.165, 1.54) is 0 Å². The Bertz CT molecular complexity index is 1130. The van der Waals surface area contributed by atoms with Gasteiger partial charge >= 0.3 is 0 Å². The van der Waals surface area contributed by atoms with Crippen LogP contribution in [0.5, 0.6) is 0 Å². The molecule has 4 aromatic rings. The highest BCUT2D eigenvalue weighted by Gasteiger charge is 2.20. The number of hydrogen-bond donors (Lipinski definition) is 3. The van der Waals surface area contributed by atoms with Crippen LogP contribution < -0.4 is 10.6 Å². The molecular formula is C19H18Cl2N6. The number of H-pyrrole nitrogens is 1. The first kappa shape index (κ1) is 16.9. The van der Waals surface area contributed by atoms with Crippen LogP contribution in [0.3, 0.4) is 0 Å². The van der Waals surface area contributed by atoms with Crippen LogP contribution in [0.4, 0.5) is 5.82 Å². The first-order chi connectivity index (χ1) is 13.2. The van der Waals surface area contributed by atoms with E-state index in [-0.39, 0.29) is 0 Å². The number of aromatic amines is 1. The van der Waals surface area contributed by atoms with E-state index in [0.29, 0.717) is 21.9 Å². The zero-order valence-corrected chi connectivity index (χ0v) is 16.0. The fraction of sp³-hybridized carbons (Fsp3) is 0.263. The number of halogens is 2. The SMILES string of the molecule is Clc1ccc2c(-c3nc(N[C@H]4CCCNC4)c4nccn4c3Cl)c[nH]c2c1. The first-order valence-electron chi connectivity index (χ1n) is 8.97. The summed E-state index contributed by atoms with van der Waals surface area (Å²) in [5.41, 5.74) is 3.33. The van der Waals surface area contributed by atoms with Crippen molar-refractivity contribution in [3.05, 3.63) is 47.0 Å². The highest BCUT2D eigenvalue weighted by atomic mass is 35.5. The summed E-state index contributed by atoms with van der Waals surface area (Å²) in [6.07, 6.45) is 7.77. The van der Waals surface area contributed by atoms with Gasteiger partial charge in [0.25, 0.3) is 0 Å². The van der Waals surface area contributed by atoms with Crippen LogP contribution in [-0.4, -0.2) is 38.5 Å². The van der Waals surface area contributed by atoms with Gasteiger partial charge < -0.3 is 15.6 Å². The Labute approximate surface area is 165 Å². The molecule has 1 aliphatic rings. The molecule has 1 aromatic carbocycles. The second-order valence-electron chi connectivity index (χ2n) is 6.80. The van der Waals surface area contributed by atoms with Gasteiger partial charge in [-0.3, -0.25) is 4.40 Å². The van der Waals surface area contributed by atoms with E-state index in [9.17, 15) is 0 Å². The number of hydrogen-bond acceptors (Lipinski definition) is 4. The number of imidazole rings is 1. The minimum absolute atomic E-state index is 0.322. The topological polar surface area (TPSA) is 70.0 Å². The normalized spacial score (nSPS) is 17.6. The van der Waals surface area contributed by atoms with Crippen LogP contribution >= 0.6 is 23.2 Å². The molecule has 5 rings (SSSR count). The zero-order valence-electron chi connectivity index (χ0n) is 14.5. The number of piperidine rings is 1. The van der Waals surface area contributed by atoms with E-state index in [0.717, 1.165) is 53.9 Å². The molecule has 1 fully saturated rings. The summed E-state index contributed by atoms with van der Waals surface area (Å²) in [6, 6.07) is 6.08. The van der Waals surface area contributed by atoms with Crippen LogP contribution in [0.2, 0.25) is 10.2 Å². The fourth-order valence-electron chi connectivity index (χ4n) is 3.69. The largest absolute Gasteiger partial charge is 0.363 e.